The van der Waals surface area contributed by atoms with Crippen LogP contribution >= 0.6 is 0 Å². The van der Waals surface area contributed by atoms with E-state index in [0.717, 1.165) is 10.2 Å². The summed E-state index contributed by atoms with van der Waals surface area (Å²) >= 11 is 0. The summed E-state index contributed by atoms with van der Waals surface area (Å²) in [5, 5.41) is 12.3. The summed E-state index contributed by atoms with van der Waals surface area (Å²) in [5.41, 5.74) is 2.57. The van der Waals surface area contributed by atoms with Crippen LogP contribution in [-0.2, 0) is 17.9 Å². The molecule has 0 unspecified atom stereocenters. The topological polar surface area (TPSA) is 81.8 Å². The molecule has 2 aromatic heterocycles. The molecule has 0 radical (unpaired) electrons. The van der Waals surface area contributed by atoms with E-state index in [0.29, 0.717) is 24.0 Å². The zero-order chi connectivity index (χ0) is 18.8. The molecule has 0 saturated heterocycles. The van der Waals surface area contributed by atoms with Gasteiger partial charge in [0.05, 0.1) is 5.39 Å². The molecule has 1 N–H and O–H groups in total. The van der Waals surface area contributed by atoms with E-state index in [9.17, 15) is 9.59 Å². The lowest BCUT2D eigenvalue weighted by Gasteiger charge is -2.09. The Morgan fingerprint density at radius 1 is 1.07 bits per heavy atom. The fraction of sp³-hybridized carbons (Fsp3) is 0.200. The Kier molecular flexibility index (Phi) is 4.42. The number of nitrogens with zero attached hydrogens (tertiary/aromatic N) is 4. The largest absolute Gasteiger partial charge is 0.353 e. The lowest BCUT2D eigenvalue weighted by molar-refractivity contribution is -0.121. The molecule has 0 fully saturated rings. The molecular formula is C20H19N5O2. The highest BCUT2D eigenvalue weighted by atomic mass is 16.2. The summed E-state index contributed by atoms with van der Waals surface area (Å²) in [6.07, 6.45) is 2.02. The van der Waals surface area contributed by atoms with Crippen LogP contribution in [0.5, 0.6) is 0 Å². The number of hydrogen-bond acceptors (Lipinski definition) is 4. The van der Waals surface area contributed by atoms with E-state index in [1.54, 1.807) is 24.3 Å². The Bertz CT molecular complexity index is 1190. The van der Waals surface area contributed by atoms with E-state index in [4.69, 9.17) is 0 Å². The monoisotopic (exact) mass is 361 g/mol. The molecular weight excluding hydrogens is 342 g/mol. The number of fused-ring (bicyclic) bond motifs is 2. The van der Waals surface area contributed by atoms with Gasteiger partial charge in [-0.25, -0.2) is 4.68 Å². The lowest BCUT2D eigenvalue weighted by atomic mass is 10.1. The summed E-state index contributed by atoms with van der Waals surface area (Å²) in [6.45, 7) is 3.04. The molecule has 27 heavy (non-hydrogen) atoms. The van der Waals surface area contributed by atoms with Crippen LogP contribution in [0.15, 0.2) is 59.5 Å². The van der Waals surface area contributed by atoms with Crippen LogP contribution in [0.2, 0.25) is 0 Å². The van der Waals surface area contributed by atoms with E-state index >= 15 is 0 Å². The van der Waals surface area contributed by atoms with Crippen LogP contribution in [0.4, 0.5) is 0 Å². The standard InChI is InChI=1S/C20H19N5O2/c1-14-5-4-8-18-15(14)9-11-24(18)12-10-21-19(26)13-25-20(27)16-6-2-3-7-17(16)22-23-25/h2-9,11H,10,12-13H2,1H3,(H,21,26). The van der Waals surface area contributed by atoms with Crippen molar-refractivity contribution in [1.29, 1.82) is 0 Å². The predicted octanol–water partition coefficient (Wildman–Crippen LogP) is 1.87. The summed E-state index contributed by atoms with van der Waals surface area (Å²) in [7, 11) is 0. The Hall–Kier alpha value is -3.48. The first-order valence-corrected chi connectivity index (χ1v) is 8.77. The number of hydrogen-bond donors (Lipinski definition) is 1. The SMILES string of the molecule is Cc1cccc2c1ccn2CCNC(=O)Cn1nnc2ccccc2c1=O. The second-order valence-electron chi connectivity index (χ2n) is 6.44. The van der Waals surface area contributed by atoms with Crippen molar-refractivity contribution in [2.24, 2.45) is 0 Å². The van der Waals surface area contributed by atoms with Crippen LogP contribution in [0.3, 0.4) is 0 Å². The van der Waals surface area contributed by atoms with Gasteiger partial charge in [0.1, 0.15) is 12.1 Å². The van der Waals surface area contributed by atoms with E-state index in [1.165, 1.54) is 10.9 Å². The minimum atomic E-state index is -0.317. The summed E-state index contributed by atoms with van der Waals surface area (Å²) < 4.78 is 3.19. The maximum Gasteiger partial charge on any atom is 0.278 e. The van der Waals surface area contributed by atoms with Crippen LogP contribution in [0.1, 0.15) is 5.56 Å². The van der Waals surface area contributed by atoms with E-state index in [2.05, 4.69) is 45.3 Å². The van der Waals surface area contributed by atoms with Crippen molar-refractivity contribution in [3.05, 3.63) is 70.6 Å². The second kappa shape index (κ2) is 7.03. The second-order valence-corrected chi connectivity index (χ2v) is 6.44. The molecule has 1 amide bonds. The summed E-state index contributed by atoms with van der Waals surface area (Å²) in [5.74, 6) is -0.269. The molecule has 2 heterocycles. The van der Waals surface area contributed by atoms with Gasteiger partial charge in [0.15, 0.2) is 0 Å². The number of aryl methyl sites for hydroxylation is 1. The van der Waals surface area contributed by atoms with Gasteiger partial charge in [0.2, 0.25) is 5.91 Å². The van der Waals surface area contributed by atoms with Crippen molar-refractivity contribution in [3.63, 3.8) is 0 Å². The first-order valence-electron chi connectivity index (χ1n) is 8.77. The maximum absolute atomic E-state index is 12.4. The molecule has 0 aliphatic heterocycles. The van der Waals surface area contributed by atoms with Crippen molar-refractivity contribution in [1.82, 2.24) is 24.9 Å². The Morgan fingerprint density at radius 3 is 2.81 bits per heavy atom. The highest BCUT2D eigenvalue weighted by molar-refractivity contribution is 5.83. The Labute approximate surface area is 155 Å². The number of benzene rings is 2. The molecule has 0 aliphatic carbocycles. The van der Waals surface area contributed by atoms with Gasteiger partial charge in [0.25, 0.3) is 5.56 Å². The zero-order valence-electron chi connectivity index (χ0n) is 14.9. The number of aromatic nitrogens is 4. The van der Waals surface area contributed by atoms with Gasteiger partial charge in [-0.05, 0) is 36.8 Å². The maximum atomic E-state index is 12.4. The van der Waals surface area contributed by atoms with Gasteiger partial charge in [-0.1, -0.05) is 29.5 Å². The molecule has 0 bridgehead atoms. The Balaban J connectivity index is 1.41. The smallest absolute Gasteiger partial charge is 0.278 e. The fourth-order valence-electron chi connectivity index (χ4n) is 3.21. The van der Waals surface area contributed by atoms with Crippen molar-refractivity contribution >= 4 is 27.7 Å². The number of amides is 1. The molecule has 4 aromatic rings. The van der Waals surface area contributed by atoms with Crippen LogP contribution in [0.25, 0.3) is 21.8 Å². The van der Waals surface area contributed by atoms with E-state index in [1.807, 2.05) is 12.3 Å². The quantitative estimate of drug-likeness (QED) is 0.588. The number of rotatable bonds is 5. The van der Waals surface area contributed by atoms with Crippen molar-refractivity contribution in [2.75, 3.05) is 6.54 Å². The number of carbonyl (C=O) groups is 1. The first-order chi connectivity index (χ1) is 13.1. The average Bonchev–Trinajstić information content (AvgIpc) is 3.09. The molecule has 0 atom stereocenters. The van der Waals surface area contributed by atoms with Gasteiger partial charge in [0, 0.05) is 30.2 Å². The third-order valence-electron chi connectivity index (χ3n) is 4.63. The normalized spacial score (nSPS) is 11.1. The van der Waals surface area contributed by atoms with Crippen molar-refractivity contribution in [3.8, 4) is 0 Å². The Morgan fingerprint density at radius 2 is 1.93 bits per heavy atom. The minimum Gasteiger partial charge on any atom is -0.353 e. The summed E-state index contributed by atoms with van der Waals surface area (Å²) in [6, 6.07) is 15.2. The highest BCUT2D eigenvalue weighted by Crippen LogP contribution is 2.19. The lowest BCUT2D eigenvalue weighted by Crippen LogP contribution is -2.35. The molecule has 0 spiro atoms. The molecule has 0 aliphatic rings. The van der Waals surface area contributed by atoms with Crippen LogP contribution in [0, 0.1) is 6.92 Å². The van der Waals surface area contributed by atoms with Crippen molar-refractivity contribution < 1.29 is 4.79 Å². The van der Waals surface area contributed by atoms with Crippen LogP contribution < -0.4 is 10.9 Å². The molecule has 7 nitrogen and oxygen atoms in total. The summed E-state index contributed by atoms with van der Waals surface area (Å²) in [4.78, 5) is 24.6. The van der Waals surface area contributed by atoms with Gasteiger partial charge < -0.3 is 9.88 Å². The molecule has 7 heteroatoms. The third kappa shape index (κ3) is 3.31. The van der Waals surface area contributed by atoms with E-state index in [-0.39, 0.29) is 18.0 Å². The molecule has 0 saturated carbocycles. The third-order valence-corrected chi connectivity index (χ3v) is 4.63. The van der Waals surface area contributed by atoms with Crippen LogP contribution in [-0.4, -0.2) is 32.0 Å². The van der Waals surface area contributed by atoms with Gasteiger partial charge in [-0.2, -0.15) is 0 Å². The molecule has 136 valence electrons. The van der Waals surface area contributed by atoms with Gasteiger partial charge in [-0.15, -0.1) is 5.10 Å². The fourth-order valence-corrected chi connectivity index (χ4v) is 3.21. The molecule has 4 rings (SSSR count). The zero-order valence-corrected chi connectivity index (χ0v) is 14.9. The van der Waals surface area contributed by atoms with E-state index < -0.39 is 0 Å². The van der Waals surface area contributed by atoms with Gasteiger partial charge >= 0.3 is 0 Å². The highest BCUT2D eigenvalue weighted by Gasteiger charge is 2.09. The predicted molar refractivity (Wildman–Crippen MR) is 103 cm³/mol. The first kappa shape index (κ1) is 17.0. The molecule has 2 aromatic carbocycles. The average molecular weight is 361 g/mol. The number of nitrogens with one attached hydrogen (secondary N) is 1. The minimum absolute atomic E-state index is 0.151. The van der Waals surface area contributed by atoms with Crippen molar-refractivity contribution in [2.45, 2.75) is 20.0 Å². The number of carbonyl (C=O) groups excluding carboxylic acids is 1. The van der Waals surface area contributed by atoms with Gasteiger partial charge in [-0.3, -0.25) is 9.59 Å².